The first-order valence-electron chi connectivity index (χ1n) is 8.65. The molecule has 0 spiro atoms. The van der Waals surface area contributed by atoms with Crippen LogP contribution in [-0.4, -0.2) is 37.1 Å². The van der Waals surface area contributed by atoms with Crippen molar-refractivity contribution < 1.29 is 28.6 Å². The molecule has 2 rings (SSSR count). The van der Waals surface area contributed by atoms with E-state index < -0.39 is 23.9 Å². The van der Waals surface area contributed by atoms with Crippen LogP contribution in [0.3, 0.4) is 0 Å². The van der Waals surface area contributed by atoms with Crippen LogP contribution in [0.4, 0.5) is 5.69 Å². The summed E-state index contributed by atoms with van der Waals surface area (Å²) in [6, 6.07) is 13.0. The molecular formula is C20H22N2O6. The second-order valence-electron chi connectivity index (χ2n) is 5.73. The van der Waals surface area contributed by atoms with Crippen LogP contribution in [0.25, 0.3) is 0 Å². The van der Waals surface area contributed by atoms with Gasteiger partial charge in [-0.2, -0.15) is 0 Å². The molecule has 2 amide bonds. The number of hydrogen-bond donors (Lipinski definition) is 2. The van der Waals surface area contributed by atoms with E-state index in [-0.39, 0.29) is 6.61 Å². The topological polar surface area (TPSA) is 117 Å². The lowest BCUT2D eigenvalue weighted by Crippen LogP contribution is -2.31. The lowest BCUT2D eigenvalue weighted by molar-refractivity contribution is -0.155. The Balaban J connectivity index is 1.84. The highest BCUT2D eigenvalue weighted by Gasteiger charge is 2.19. The predicted octanol–water partition coefficient (Wildman–Crippen LogP) is 2.13. The summed E-state index contributed by atoms with van der Waals surface area (Å²) in [5, 5.41) is 2.58. The van der Waals surface area contributed by atoms with Gasteiger partial charge < -0.3 is 25.3 Å². The molecule has 3 N–H and O–H groups in total. The van der Waals surface area contributed by atoms with Crippen molar-refractivity contribution in [2.75, 3.05) is 18.5 Å². The van der Waals surface area contributed by atoms with Gasteiger partial charge in [0.2, 0.25) is 5.91 Å². The van der Waals surface area contributed by atoms with Crippen LogP contribution in [0, 0.1) is 0 Å². The van der Waals surface area contributed by atoms with Crippen LogP contribution in [0.1, 0.15) is 24.2 Å². The minimum absolute atomic E-state index is 0.321. The molecule has 0 aliphatic heterocycles. The van der Waals surface area contributed by atoms with Crippen LogP contribution in [0.5, 0.6) is 11.5 Å². The van der Waals surface area contributed by atoms with Gasteiger partial charge in [-0.25, -0.2) is 4.79 Å². The van der Waals surface area contributed by atoms with Gasteiger partial charge in [0.05, 0.1) is 6.61 Å². The Morgan fingerprint density at radius 1 is 1.00 bits per heavy atom. The fourth-order valence-corrected chi connectivity index (χ4v) is 2.23. The second-order valence-corrected chi connectivity index (χ2v) is 5.73. The molecule has 0 aliphatic carbocycles. The zero-order chi connectivity index (χ0) is 20.5. The molecule has 148 valence electrons. The van der Waals surface area contributed by atoms with E-state index >= 15 is 0 Å². The summed E-state index contributed by atoms with van der Waals surface area (Å²) in [6.45, 7) is 3.38. The Morgan fingerprint density at radius 2 is 1.61 bits per heavy atom. The highest BCUT2D eigenvalue weighted by molar-refractivity contribution is 5.96. The van der Waals surface area contributed by atoms with Gasteiger partial charge in [-0.05, 0) is 50.2 Å². The molecule has 0 saturated heterocycles. The lowest BCUT2D eigenvalue weighted by atomic mass is 10.2. The van der Waals surface area contributed by atoms with Crippen molar-refractivity contribution in [1.29, 1.82) is 0 Å². The zero-order valence-electron chi connectivity index (χ0n) is 15.6. The fourth-order valence-electron chi connectivity index (χ4n) is 2.23. The average Bonchev–Trinajstić information content (AvgIpc) is 2.68. The standard InChI is InChI=1S/C20H22N2O6/c1-3-26-16-6-4-5-7-17(16)27-12-18(23)28-13(2)20(25)22-15-10-8-14(9-11-15)19(21)24/h4-11,13H,3,12H2,1-2H3,(H2,21,24)(H,22,25)/t13-/m0/s1. The second kappa shape index (κ2) is 9.96. The van der Waals surface area contributed by atoms with Crippen LogP contribution < -0.4 is 20.5 Å². The highest BCUT2D eigenvalue weighted by Crippen LogP contribution is 2.26. The molecule has 8 nitrogen and oxygen atoms in total. The molecule has 0 aromatic heterocycles. The van der Waals surface area contributed by atoms with E-state index in [0.717, 1.165) is 0 Å². The maximum atomic E-state index is 12.1. The fraction of sp³-hybridized carbons (Fsp3) is 0.250. The summed E-state index contributed by atoms with van der Waals surface area (Å²) in [7, 11) is 0. The maximum absolute atomic E-state index is 12.1. The summed E-state index contributed by atoms with van der Waals surface area (Å²) < 4.78 is 15.9. The number of carbonyl (C=O) groups is 3. The number of rotatable bonds is 9. The summed E-state index contributed by atoms with van der Waals surface area (Å²) in [6.07, 6.45) is -1.03. The molecule has 0 fully saturated rings. The van der Waals surface area contributed by atoms with Crippen molar-refractivity contribution in [3.05, 3.63) is 54.1 Å². The molecular weight excluding hydrogens is 364 g/mol. The molecule has 8 heteroatoms. The van der Waals surface area contributed by atoms with Crippen molar-refractivity contribution in [3.63, 3.8) is 0 Å². The molecule has 0 heterocycles. The maximum Gasteiger partial charge on any atom is 0.344 e. The number of hydrogen-bond acceptors (Lipinski definition) is 6. The van der Waals surface area contributed by atoms with Gasteiger partial charge in [0.15, 0.2) is 24.2 Å². The first kappa shape index (κ1) is 20.8. The van der Waals surface area contributed by atoms with Crippen molar-refractivity contribution in [3.8, 4) is 11.5 Å². The van der Waals surface area contributed by atoms with E-state index in [1.165, 1.54) is 31.2 Å². The van der Waals surface area contributed by atoms with Gasteiger partial charge in [0, 0.05) is 11.3 Å². The Hall–Kier alpha value is -3.55. The third-order valence-electron chi connectivity index (χ3n) is 3.61. The van der Waals surface area contributed by atoms with Crippen molar-refractivity contribution >= 4 is 23.5 Å². The summed E-state index contributed by atoms with van der Waals surface area (Å²) in [4.78, 5) is 35.1. The third kappa shape index (κ3) is 6.01. The van der Waals surface area contributed by atoms with Crippen LogP contribution >= 0.6 is 0 Å². The zero-order valence-corrected chi connectivity index (χ0v) is 15.6. The van der Waals surface area contributed by atoms with Crippen LogP contribution in [-0.2, 0) is 14.3 Å². The molecule has 0 bridgehead atoms. The Labute approximate surface area is 162 Å². The molecule has 0 aliphatic rings. The first-order chi connectivity index (χ1) is 13.4. The van der Waals surface area contributed by atoms with Gasteiger partial charge >= 0.3 is 5.97 Å². The minimum atomic E-state index is -1.03. The van der Waals surface area contributed by atoms with Crippen molar-refractivity contribution in [2.45, 2.75) is 20.0 Å². The lowest BCUT2D eigenvalue weighted by Gasteiger charge is -2.15. The third-order valence-corrected chi connectivity index (χ3v) is 3.61. The average molecular weight is 386 g/mol. The van der Waals surface area contributed by atoms with E-state index in [9.17, 15) is 14.4 Å². The quantitative estimate of drug-likeness (QED) is 0.638. The monoisotopic (exact) mass is 386 g/mol. The van der Waals surface area contributed by atoms with E-state index in [2.05, 4.69) is 5.32 Å². The summed E-state index contributed by atoms with van der Waals surface area (Å²) in [5.74, 6) is -0.852. The number of carbonyl (C=O) groups excluding carboxylic acids is 3. The number of nitrogens with two attached hydrogens (primary N) is 1. The number of esters is 1. The number of primary amides is 1. The number of nitrogens with one attached hydrogen (secondary N) is 1. The molecule has 0 radical (unpaired) electrons. The first-order valence-corrected chi connectivity index (χ1v) is 8.65. The van der Waals surface area contributed by atoms with Gasteiger partial charge in [-0.15, -0.1) is 0 Å². The van der Waals surface area contributed by atoms with Gasteiger partial charge in [-0.3, -0.25) is 9.59 Å². The molecule has 0 saturated carbocycles. The van der Waals surface area contributed by atoms with Gasteiger partial charge in [0.1, 0.15) is 0 Å². The summed E-state index contributed by atoms with van der Waals surface area (Å²) >= 11 is 0. The van der Waals surface area contributed by atoms with E-state index in [4.69, 9.17) is 19.9 Å². The number of benzene rings is 2. The molecule has 1 atom stereocenters. The largest absolute Gasteiger partial charge is 0.490 e. The van der Waals surface area contributed by atoms with Crippen LogP contribution in [0.2, 0.25) is 0 Å². The molecule has 0 unspecified atom stereocenters. The highest BCUT2D eigenvalue weighted by atomic mass is 16.6. The molecule has 2 aromatic carbocycles. The Morgan fingerprint density at radius 3 is 2.18 bits per heavy atom. The SMILES string of the molecule is CCOc1ccccc1OCC(=O)O[C@@H](C)C(=O)Nc1ccc(C(N)=O)cc1. The van der Waals surface area contributed by atoms with E-state index in [1.54, 1.807) is 24.3 Å². The Bertz CT molecular complexity index is 835. The number of anilines is 1. The van der Waals surface area contributed by atoms with E-state index in [1.807, 2.05) is 6.92 Å². The summed E-state index contributed by atoms with van der Waals surface area (Å²) in [5.41, 5.74) is 5.93. The number of para-hydroxylation sites is 2. The van der Waals surface area contributed by atoms with E-state index in [0.29, 0.717) is 29.4 Å². The molecule has 2 aromatic rings. The van der Waals surface area contributed by atoms with Crippen molar-refractivity contribution in [2.24, 2.45) is 5.73 Å². The number of amides is 2. The molecule has 28 heavy (non-hydrogen) atoms. The van der Waals surface area contributed by atoms with Crippen LogP contribution in [0.15, 0.2) is 48.5 Å². The minimum Gasteiger partial charge on any atom is -0.490 e. The number of ether oxygens (including phenoxy) is 3. The van der Waals surface area contributed by atoms with Crippen molar-refractivity contribution in [1.82, 2.24) is 0 Å². The van der Waals surface area contributed by atoms with Gasteiger partial charge in [0.25, 0.3) is 5.91 Å². The predicted molar refractivity (Wildman–Crippen MR) is 102 cm³/mol. The van der Waals surface area contributed by atoms with Gasteiger partial charge in [-0.1, -0.05) is 12.1 Å². The normalized spacial score (nSPS) is 11.2. The smallest absolute Gasteiger partial charge is 0.344 e. The Kier molecular flexibility index (Phi) is 7.38.